The molecule has 3 rings (SSSR count). The summed E-state index contributed by atoms with van der Waals surface area (Å²) in [6, 6.07) is 13.6. The largest absolute Gasteiger partial charge is 0.508 e. The van der Waals surface area contributed by atoms with Gasteiger partial charge < -0.3 is 14.4 Å². The van der Waals surface area contributed by atoms with E-state index in [4.69, 9.17) is 4.74 Å². The summed E-state index contributed by atoms with van der Waals surface area (Å²) >= 11 is 0. The lowest BCUT2D eigenvalue weighted by atomic mass is 10.2. The van der Waals surface area contributed by atoms with Gasteiger partial charge in [-0.3, -0.25) is 0 Å². The Kier molecular flexibility index (Phi) is 3.75. The average Bonchev–Trinajstić information content (AvgIpc) is 2.84. The second-order valence-corrected chi connectivity index (χ2v) is 5.59. The standard InChI is InChI=1S/C18H18FNO2/c1-12(2)20-15(9-13-3-6-16(21)10-18(13)20)11-22-17-7-4-14(19)5-8-17/h3-10,12,21H,11H2,1-2H3. The highest BCUT2D eigenvalue weighted by molar-refractivity contribution is 5.82. The van der Waals surface area contributed by atoms with Crippen molar-refractivity contribution in [3.63, 3.8) is 0 Å². The van der Waals surface area contributed by atoms with Gasteiger partial charge in [-0.15, -0.1) is 0 Å². The zero-order valence-corrected chi connectivity index (χ0v) is 12.6. The molecule has 0 aliphatic carbocycles. The Morgan fingerprint density at radius 1 is 1.09 bits per heavy atom. The SMILES string of the molecule is CC(C)n1c(COc2ccc(F)cc2)cc2ccc(O)cc21. The molecular formula is C18H18FNO2. The quantitative estimate of drug-likeness (QED) is 0.761. The average molecular weight is 299 g/mol. The van der Waals surface area contributed by atoms with Crippen LogP contribution in [0.5, 0.6) is 11.5 Å². The molecule has 0 bridgehead atoms. The fraction of sp³-hybridized carbons (Fsp3) is 0.222. The summed E-state index contributed by atoms with van der Waals surface area (Å²) in [5.74, 6) is 0.599. The third-order valence-corrected chi connectivity index (χ3v) is 3.62. The summed E-state index contributed by atoms with van der Waals surface area (Å²) in [4.78, 5) is 0. The minimum atomic E-state index is -0.279. The van der Waals surface area contributed by atoms with Crippen LogP contribution in [0.25, 0.3) is 10.9 Å². The number of aromatic hydroxyl groups is 1. The van der Waals surface area contributed by atoms with Crippen LogP contribution in [0, 0.1) is 5.82 Å². The Morgan fingerprint density at radius 3 is 2.50 bits per heavy atom. The maximum Gasteiger partial charge on any atom is 0.128 e. The molecule has 4 heteroatoms. The number of rotatable bonds is 4. The Bertz CT molecular complexity index is 791. The number of benzene rings is 2. The van der Waals surface area contributed by atoms with Crippen LogP contribution in [-0.2, 0) is 6.61 Å². The van der Waals surface area contributed by atoms with Gasteiger partial charge in [0.05, 0.1) is 11.2 Å². The van der Waals surface area contributed by atoms with Crippen LogP contribution in [0.3, 0.4) is 0 Å². The molecule has 0 saturated carbocycles. The van der Waals surface area contributed by atoms with E-state index in [1.54, 1.807) is 24.3 Å². The maximum atomic E-state index is 12.9. The van der Waals surface area contributed by atoms with Crippen LogP contribution in [0.15, 0.2) is 48.5 Å². The van der Waals surface area contributed by atoms with Crippen LogP contribution < -0.4 is 4.74 Å². The van der Waals surface area contributed by atoms with Crippen LogP contribution in [0.4, 0.5) is 4.39 Å². The van der Waals surface area contributed by atoms with Crippen molar-refractivity contribution in [2.24, 2.45) is 0 Å². The zero-order valence-electron chi connectivity index (χ0n) is 12.6. The first-order valence-corrected chi connectivity index (χ1v) is 7.26. The van der Waals surface area contributed by atoms with Gasteiger partial charge in [0.15, 0.2) is 0 Å². The lowest BCUT2D eigenvalue weighted by Crippen LogP contribution is -2.08. The Hall–Kier alpha value is -2.49. The second-order valence-electron chi connectivity index (χ2n) is 5.59. The Morgan fingerprint density at radius 2 is 1.82 bits per heavy atom. The number of phenolic OH excluding ortho intramolecular Hbond substituents is 1. The number of aromatic nitrogens is 1. The lowest BCUT2D eigenvalue weighted by Gasteiger charge is -2.15. The van der Waals surface area contributed by atoms with Crippen molar-refractivity contribution in [2.75, 3.05) is 0 Å². The number of nitrogens with zero attached hydrogens (tertiary/aromatic N) is 1. The van der Waals surface area contributed by atoms with Gasteiger partial charge in [-0.2, -0.15) is 0 Å². The molecule has 0 radical (unpaired) electrons. The summed E-state index contributed by atoms with van der Waals surface area (Å²) in [5, 5.41) is 10.8. The number of hydrogen-bond acceptors (Lipinski definition) is 2. The van der Waals surface area contributed by atoms with Crippen LogP contribution in [0.1, 0.15) is 25.6 Å². The minimum absolute atomic E-state index is 0.242. The molecule has 1 N–H and O–H groups in total. The van der Waals surface area contributed by atoms with Gasteiger partial charge in [-0.25, -0.2) is 4.39 Å². The number of phenols is 1. The molecule has 0 unspecified atom stereocenters. The smallest absolute Gasteiger partial charge is 0.128 e. The Balaban J connectivity index is 1.92. The first-order chi connectivity index (χ1) is 10.5. The summed E-state index contributed by atoms with van der Waals surface area (Å²) in [7, 11) is 0. The predicted octanol–water partition coefficient (Wildman–Crippen LogP) is 4.65. The van der Waals surface area contributed by atoms with Gasteiger partial charge in [-0.1, -0.05) is 0 Å². The van der Waals surface area contributed by atoms with Crippen molar-refractivity contribution >= 4 is 10.9 Å². The van der Waals surface area contributed by atoms with Gasteiger partial charge >= 0.3 is 0 Å². The second kappa shape index (κ2) is 5.72. The number of fused-ring (bicyclic) bond motifs is 1. The van der Waals surface area contributed by atoms with Crippen LogP contribution in [0.2, 0.25) is 0 Å². The van der Waals surface area contributed by atoms with E-state index in [2.05, 4.69) is 24.5 Å². The number of ether oxygens (including phenoxy) is 1. The van der Waals surface area contributed by atoms with Gasteiger partial charge in [0.1, 0.15) is 23.9 Å². The first-order valence-electron chi connectivity index (χ1n) is 7.26. The van der Waals surface area contributed by atoms with Crippen molar-refractivity contribution in [1.82, 2.24) is 4.57 Å². The fourth-order valence-electron chi connectivity index (χ4n) is 2.68. The molecule has 114 valence electrons. The fourth-order valence-corrected chi connectivity index (χ4v) is 2.68. The summed E-state index contributed by atoms with van der Waals surface area (Å²) in [6.45, 7) is 4.56. The van der Waals surface area contributed by atoms with Crippen molar-refractivity contribution < 1.29 is 14.2 Å². The lowest BCUT2D eigenvalue weighted by molar-refractivity contribution is 0.292. The monoisotopic (exact) mass is 299 g/mol. The van der Waals surface area contributed by atoms with E-state index in [1.807, 2.05) is 6.07 Å². The highest BCUT2D eigenvalue weighted by Crippen LogP contribution is 2.28. The molecule has 1 aromatic heterocycles. The molecule has 0 amide bonds. The van der Waals surface area contributed by atoms with Crippen molar-refractivity contribution in [1.29, 1.82) is 0 Å². The molecule has 22 heavy (non-hydrogen) atoms. The normalized spacial score (nSPS) is 11.3. The van der Waals surface area contributed by atoms with E-state index in [0.717, 1.165) is 16.6 Å². The number of hydrogen-bond donors (Lipinski definition) is 1. The van der Waals surface area contributed by atoms with Crippen molar-refractivity contribution in [3.8, 4) is 11.5 Å². The molecule has 0 atom stereocenters. The van der Waals surface area contributed by atoms with Gasteiger partial charge in [0.2, 0.25) is 0 Å². The van der Waals surface area contributed by atoms with E-state index < -0.39 is 0 Å². The molecule has 3 nitrogen and oxygen atoms in total. The maximum absolute atomic E-state index is 12.9. The highest BCUT2D eigenvalue weighted by Gasteiger charge is 2.12. The van der Waals surface area contributed by atoms with Crippen molar-refractivity contribution in [3.05, 3.63) is 60.0 Å². The van der Waals surface area contributed by atoms with Crippen LogP contribution in [-0.4, -0.2) is 9.67 Å². The van der Waals surface area contributed by atoms with E-state index in [-0.39, 0.29) is 17.6 Å². The molecule has 0 aliphatic rings. The molecule has 0 saturated heterocycles. The molecule has 3 aromatic rings. The van der Waals surface area contributed by atoms with E-state index in [9.17, 15) is 9.50 Å². The minimum Gasteiger partial charge on any atom is -0.508 e. The topological polar surface area (TPSA) is 34.4 Å². The van der Waals surface area contributed by atoms with Gasteiger partial charge in [0.25, 0.3) is 0 Å². The summed E-state index contributed by atoms with van der Waals surface area (Å²) in [5.41, 5.74) is 1.99. The molecule has 0 aliphatic heterocycles. The van der Waals surface area contributed by atoms with Crippen molar-refractivity contribution in [2.45, 2.75) is 26.5 Å². The van der Waals surface area contributed by atoms with Gasteiger partial charge in [-0.05, 0) is 56.3 Å². The van der Waals surface area contributed by atoms with E-state index >= 15 is 0 Å². The third-order valence-electron chi connectivity index (χ3n) is 3.62. The highest BCUT2D eigenvalue weighted by atomic mass is 19.1. The number of halogens is 1. The molecule has 0 fully saturated rings. The van der Waals surface area contributed by atoms with E-state index in [0.29, 0.717) is 12.4 Å². The van der Waals surface area contributed by atoms with Crippen LogP contribution >= 0.6 is 0 Å². The first kappa shape index (κ1) is 14.4. The van der Waals surface area contributed by atoms with E-state index in [1.165, 1.54) is 12.1 Å². The Labute approximate surface area is 128 Å². The summed E-state index contributed by atoms with van der Waals surface area (Å²) < 4.78 is 20.8. The molecule has 1 heterocycles. The molecule has 2 aromatic carbocycles. The zero-order chi connectivity index (χ0) is 15.7. The molecule has 0 spiro atoms. The third kappa shape index (κ3) is 2.77. The molecular weight excluding hydrogens is 281 g/mol. The van der Waals surface area contributed by atoms with Gasteiger partial charge in [0, 0.05) is 17.5 Å². The predicted molar refractivity (Wildman–Crippen MR) is 84.7 cm³/mol. The summed E-state index contributed by atoms with van der Waals surface area (Å²) in [6.07, 6.45) is 0.